The van der Waals surface area contributed by atoms with Gasteiger partial charge in [0.15, 0.2) is 5.82 Å². The first-order valence-electron chi connectivity index (χ1n) is 6.54. The van der Waals surface area contributed by atoms with Gasteiger partial charge < -0.3 is 9.26 Å². The molecular weight excluding hydrogens is 232 g/mol. The monoisotopic (exact) mass is 252 g/mol. The van der Waals surface area contributed by atoms with Gasteiger partial charge in [-0.25, -0.2) is 0 Å². The minimum atomic E-state index is 0.157. The number of rotatable bonds is 6. The van der Waals surface area contributed by atoms with Gasteiger partial charge >= 0.3 is 0 Å². The zero-order valence-electron chi connectivity index (χ0n) is 11.0. The maximum atomic E-state index is 11.6. The van der Waals surface area contributed by atoms with Gasteiger partial charge in [0, 0.05) is 26.1 Å². The molecule has 1 fully saturated rings. The number of carbonyl (C=O) groups is 1. The van der Waals surface area contributed by atoms with Crippen molar-refractivity contribution in [1.82, 2.24) is 10.1 Å². The lowest BCUT2D eigenvalue weighted by Crippen LogP contribution is -2.07. The Bertz CT molecular complexity index is 395. The van der Waals surface area contributed by atoms with Crippen molar-refractivity contribution in [2.45, 2.75) is 39.5 Å². The van der Waals surface area contributed by atoms with Crippen LogP contribution in [-0.4, -0.2) is 29.1 Å². The quantitative estimate of drug-likeness (QED) is 0.772. The van der Waals surface area contributed by atoms with Gasteiger partial charge in [0.1, 0.15) is 5.78 Å². The molecule has 1 aromatic rings. The second-order valence-corrected chi connectivity index (χ2v) is 5.35. The van der Waals surface area contributed by atoms with Gasteiger partial charge in [0.25, 0.3) is 0 Å². The first kappa shape index (κ1) is 13.2. The van der Waals surface area contributed by atoms with Gasteiger partial charge in [-0.2, -0.15) is 4.98 Å². The third kappa shape index (κ3) is 3.91. The minimum absolute atomic E-state index is 0.157. The summed E-state index contributed by atoms with van der Waals surface area (Å²) >= 11 is 0. The van der Waals surface area contributed by atoms with E-state index < -0.39 is 0 Å². The first-order valence-corrected chi connectivity index (χ1v) is 6.54. The van der Waals surface area contributed by atoms with Crippen molar-refractivity contribution in [3.63, 3.8) is 0 Å². The van der Waals surface area contributed by atoms with Gasteiger partial charge in [-0.3, -0.25) is 4.79 Å². The van der Waals surface area contributed by atoms with Crippen LogP contribution in [0.15, 0.2) is 4.52 Å². The molecule has 0 bridgehead atoms. The molecule has 5 nitrogen and oxygen atoms in total. The summed E-state index contributed by atoms with van der Waals surface area (Å²) in [7, 11) is 0. The van der Waals surface area contributed by atoms with E-state index in [1.807, 2.05) is 13.8 Å². The van der Waals surface area contributed by atoms with E-state index in [0.29, 0.717) is 30.0 Å². The van der Waals surface area contributed by atoms with Crippen LogP contribution in [-0.2, 0) is 22.4 Å². The summed E-state index contributed by atoms with van der Waals surface area (Å²) in [5, 5.41) is 3.92. The molecular formula is C13H20N2O3. The smallest absolute Gasteiger partial charge is 0.234 e. The standard InChI is InChI=1S/C13H20N2O3/c1-9(2)5-11(16)7-13-14-12(15-18-13)6-10-3-4-17-8-10/h9-10H,3-8H2,1-2H3. The molecule has 1 saturated heterocycles. The van der Waals surface area contributed by atoms with Crippen molar-refractivity contribution in [2.24, 2.45) is 11.8 Å². The highest BCUT2D eigenvalue weighted by Gasteiger charge is 2.19. The summed E-state index contributed by atoms with van der Waals surface area (Å²) in [4.78, 5) is 15.9. The van der Waals surface area contributed by atoms with E-state index in [2.05, 4.69) is 10.1 Å². The number of ether oxygens (including phenoxy) is 1. The van der Waals surface area contributed by atoms with Crippen molar-refractivity contribution in [3.8, 4) is 0 Å². The average molecular weight is 252 g/mol. The molecule has 1 atom stereocenters. The molecule has 0 saturated carbocycles. The summed E-state index contributed by atoms with van der Waals surface area (Å²) in [6, 6.07) is 0. The summed E-state index contributed by atoms with van der Waals surface area (Å²) in [5.41, 5.74) is 0. The molecule has 0 radical (unpaired) electrons. The lowest BCUT2D eigenvalue weighted by atomic mass is 10.0. The third-order valence-electron chi connectivity index (χ3n) is 2.99. The van der Waals surface area contributed by atoms with Gasteiger partial charge in [0.05, 0.1) is 6.42 Å². The molecule has 0 aromatic carbocycles. The normalized spacial score (nSPS) is 19.6. The second kappa shape index (κ2) is 6.09. The molecule has 1 aromatic heterocycles. The van der Waals surface area contributed by atoms with Crippen LogP contribution in [0.3, 0.4) is 0 Å². The zero-order valence-corrected chi connectivity index (χ0v) is 11.0. The average Bonchev–Trinajstić information content (AvgIpc) is 2.89. The number of carbonyl (C=O) groups excluding carboxylic acids is 1. The molecule has 2 rings (SSSR count). The van der Waals surface area contributed by atoms with Crippen LogP contribution >= 0.6 is 0 Å². The molecule has 0 amide bonds. The van der Waals surface area contributed by atoms with Crippen molar-refractivity contribution >= 4 is 5.78 Å². The molecule has 100 valence electrons. The molecule has 18 heavy (non-hydrogen) atoms. The summed E-state index contributed by atoms with van der Waals surface area (Å²) < 4.78 is 10.4. The fourth-order valence-electron chi connectivity index (χ4n) is 2.14. The predicted octanol–water partition coefficient (Wildman–Crippen LogP) is 1.81. The number of aromatic nitrogens is 2. The molecule has 0 spiro atoms. The van der Waals surface area contributed by atoms with Crippen LogP contribution in [0.25, 0.3) is 0 Å². The Morgan fingerprint density at radius 2 is 2.33 bits per heavy atom. The number of Topliss-reactive ketones (excluding diaryl/α,β-unsaturated/α-hetero) is 1. The molecule has 1 aliphatic rings. The third-order valence-corrected chi connectivity index (χ3v) is 2.99. The van der Waals surface area contributed by atoms with E-state index in [9.17, 15) is 4.79 Å². The Balaban J connectivity index is 1.83. The highest BCUT2D eigenvalue weighted by molar-refractivity contribution is 5.80. The largest absolute Gasteiger partial charge is 0.381 e. The summed E-state index contributed by atoms with van der Waals surface area (Å²) in [6.07, 6.45) is 2.65. The molecule has 5 heteroatoms. The first-order chi connectivity index (χ1) is 8.63. The van der Waals surface area contributed by atoms with Gasteiger partial charge in [-0.05, 0) is 18.3 Å². The molecule has 1 aliphatic heterocycles. The number of nitrogens with zero attached hydrogens (tertiary/aromatic N) is 2. The van der Waals surface area contributed by atoms with Crippen molar-refractivity contribution in [2.75, 3.05) is 13.2 Å². The zero-order chi connectivity index (χ0) is 13.0. The van der Waals surface area contributed by atoms with Crippen LogP contribution in [0.2, 0.25) is 0 Å². The Hall–Kier alpha value is -1.23. The van der Waals surface area contributed by atoms with E-state index >= 15 is 0 Å². The fraction of sp³-hybridized carbons (Fsp3) is 0.769. The maximum absolute atomic E-state index is 11.6. The minimum Gasteiger partial charge on any atom is -0.381 e. The lowest BCUT2D eigenvalue weighted by Gasteiger charge is -2.01. The topological polar surface area (TPSA) is 65.2 Å². The predicted molar refractivity (Wildman–Crippen MR) is 65.1 cm³/mol. The lowest BCUT2D eigenvalue weighted by molar-refractivity contribution is -0.119. The summed E-state index contributed by atoms with van der Waals surface area (Å²) in [6.45, 7) is 5.65. The van der Waals surface area contributed by atoms with E-state index in [4.69, 9.17) is 9.26 Å². The maximum Gasteiger partial charge on any atom is 0.234 e. The number of ketones is 1. The molecule has 0 aliphatic carbocycles. The van der Waals surface area contributed by atoms with Gasteiger partial charge in [-0.15, -0.1) is 0 Å². The Labute approximate surface area is 107 Å². The van der Waals surface area contributed by atoms with Crippen LogP contribution < -0.4 is 0 Å². The van der Waals surface area contributed by atoms with E-state index in [0.717, 1.165) is 26.1 Å². The van der Waals surface area contributed by atoms with E-state index in [1.165, 1.54) is 0 Å². The summed E-state index contributed by atoms with van der Waals surface area (Å²) in [5.74, 6) is 2.15. The van der Waals surface area contributed by atoms with E-state index in [-0.39, 0.29) is 12.2 Å². The van der Waals surface area contributed by atoms with Gasteiger partial charge in [-0.1, -0.05) is 19.0 Å². The molecule has 1 unspecified atom stereocenters. The van der Waals surface area contributed by atoms with Crippen molar-refractivity contribution in [3.05, 3.63) is 11.7 Å². The van der Waals surface area contributed by atoms with Crippen LogP contribution in [0, 0.1) is 11.8 Å². The number of hydrogen-bond acceptors (Lipinski definition) is 5. The second-order valence-electron chi connectivity index (χ2n) is 5.35. The fourth-order valence-corrected chi connectivity index (χ4v) is 2.14. The molecule has 0 N–H and O–H groups in total. The van der Waals surface area contributed by atoms with E-state index in [1.54, 1.807) is 0 Å². The number of hydrogen-bond donors (Lipinski definition) is 0. The molecule has 2 heterocycles. The Morgan fingerprint density at radius 3 is 3.00 bits per heavy atom. The Kier molecular flexibility index (Phi) is 4.47. The SMILES string of the molecule is CC(C)CC(=O)Cc1nc(CC2CCOC2)no1. The van der Waals surface area contributed by atoms with Crippen LogP contribution in [0.1, 0.15) is 38.4 Å². The Morgan fingerprint density at radius 1 is 1.50 bits per heavy atom. The van der Waals surface area contributed by atoms with Crippen LogP contribution in [0.5, 0.6) is 0 Å². The van der Waals surface area contributed by atoms with Gasteiger partial charge in [0.2, 0.25) is 5.89 Å². The van der Waals surface area contributed by atoms with Crippen molar-refractivity contribution in [1.29, 1.82) is 0 Å². The van der Waals surface area contributed by atoms with Crippen LogP contribution in [0.4, 0.5) is 0 Å². The van der Waals surface area contributed by atoms with Crippen molar-refractivity contribution < 1.29 is 14.1 Å². The highest BCUT2D eigenvalue weighted by atomic mass is 16.5. The highest BCUT2D eigenvalue weighted by Crippen LogP contribution is 2.16.